The summed E-state index contributed by atoms with van der Waals surface area (Å²) < 4.78 is 5.58. The van der Waals surface area contributed by atoms with Crippen LogP contribution >= 0.6 is 0 Å². The van der Waals surface area contributed by atoms with Gasteiger partial charge in [0.2, 0.25) is 0 Å². The molecule has 5 aromatic rings. The van der Waals surface area contributed by atoms with Gasteiger partial charge in [-0.25, -0.2) is 0 Å². The van der Waals surface area contributed by atoms with E-state index in [9.17, 15) is 28.8 Å². The number of rotatable bonds is 13. The number of ether oxygens (including phenoxy) is 1. The maximum absolute atomic E-state index is 14.1. The van der Waals surface area contributed by atoms with Gasteiger partial charge in [0, 0.05) is 51.5 Å². The summed E-state index contributed by atoms with van der Waals surface area (Å²) in [4.78, 5) is 83.2. The number of nitrogens with zero attached hydrogens (tertiary/aromatic N) is 2. The van der Waals surface area contributed by atoms with Crippen LogP contribution in [0.5, 0.6) is 0 Å². The van der Waals surface area contributed by atoms with Crippen molar-refractivity contribution in [1.29, 1.82) is 0 Å². The van der Waals surface area contributed by atoms with Gasteiger partial charge in [0.15, 0.2) is 0 Å². The zero-order valence-corrected chi connectivity index (χ0v) is 32.6. The van der Waals surface area contributed by atoms with Crippen molar-refractivity contribution in [2.24, 2.45) is 10.8 Å². The molecule has 9 heteroatoms. The molecule has 0 fully saturated rings. The number of Topliss-reactive ketones (excluding diaryl/α,β-unsaturated/α-hetero) is 1. The zero-order valence-electron chi connectivity index (χ0n) is 32.6. The van der Waals surface area contributed by atoms with Crippen LogP contribution in [0.25, 0.3) is 43.1 Å². The third-order valence-electron chi connectivity index (χ3n) is 11.8. The number of hydrogen-bond acceptors (Lipinski definition) is 7. The zero-order chi connectivity index (χ0) is 39.0. The van der Waals surface area contributed by atoms with Crippen LogP contribution in [0.15, 0.2) is 36.4 Å². The summed E-state index contributed by atoms with van der Waals surface area (Å²) in [6.45, 7) is 15.6. The topological polar surface area (TPSA) is 118 Å². The van der Waals surface area contributed by atoms with E-state index in [4.69, 9.17) is 4.74 Å². The Morgan fingerprint density at radius 2 is 1.06 bits per heavy atom. The van der Waals surface area contributed by atoms with Gasteiger partial charge in [-0.05, 0) is 134 Å². The highest BCUT2D eigenvalue weighted by Gasteiger charge is 2.39. The lowest BCUT2D eigenvalue weighted by Crippen LogP contribution is -2.41. The highest BCUT2D eigenvalue weighted by Crippen LogP contribution is 2.48. The Kier molecular flexibility index (Phi) is 9.14. The first-order valence-electron chi connectivity index (χ1n) is 19.1. The standard InChI is InChI=1S/C45H48N2O7/c1-9-10-18-46-39(49)29-16-14-27-34-25(3)22-32-36-30(17-15-28(38(34)36)33-24(2)21-31(41(46)51)35(29)37(27)33)40(50)47(42(32)52)19-12-11-13-20-54-43(53)45(7,8)23-44(5,6)26(4)48/h14-17,21-22H,9-13,18-20,23H2,1-8H3. The Bertz CT molecular complexity index is 2470. The van der Waals surface area contributed by atoms with Crippen molar-refractivity contribution in [1.82, 2.24) is 9.80 Å². The Morgan fingerprint density at radius 3 is 1.52 bits per heavy atom. The number of aryl methyl sites for hydroxylation is 2. The second-order valence-electron chi connectivity index (χ2n) is 16.6. The van der Waals surface area contributed by atoms with Gasteiger partial charge >= 0.3 is 5.97 Å². The maximum Gasteiger partial charge on any atom is 0.311 e. The van der Waals surface area contributed by atoms with E-state index in [0.717, 1.165) is 56.3 Å². The summed E-state index contributed by atoms with van der Waals surface area (Å²) in [7, 11) is 0. The van der Waals surface area contributed by atoms with Crippen LogP contribution in [0.1, 0.15) is 133 Å². The molecular weight excluding hydrogens is 681 g/mol. The summed E-state index contributed by atoms with van der Waals surface area (Å²) >= 11 is 0. The molecule has 0 aliphatic carbocycles. The van der Waals surface area contributed by atoms with Crippen molar-refractivity contribution in [3.63, 3.8) is 0 Å². The molecule has 0 N–H and O–H groups in total. The molecule has 0 aromatic heterocycles. The molecule has 2 heterocycles. The van der Waals surface area contributed by atoms with Crippen molar-refractivity contribution in [3.8, 4) is 0 Å². The van der Waals surface area contributed by atoms with Crippen LogP contribution in [-0.2, 0) is 14.3 Å². The molecule has 0 unspecified atom stereocenters. The van der Waals surface area contributed by atoms with Crippen LogP contribution in [0.2, 0.25) is 0 Å². The number of ketones is 1. The molecule has 7 rings (SSSR count). The molecular formula is C45H48N2O7. The maximum atomic E-state index is 14.1. The Hall–Kier alpha value is -5.18. The molecule has 4 amide bonds. The minimum Gasteiger partial charge on any atom is -0.465 e. The number of esters is 1. The average Bonchev–Trinajstić information content (AvgIpc) is 3.11. The van der Waals surface area contributed by atoms with Gasteiger partial charge in [-0.1, -0.05) is 39.3 Å². The molecule has 0 bridgehead atoms. The number of carbonyl (C=O) groups excluding carboxylic acids is 6. The number of carbonyl (C=O) groups is 6. The van der Waals surface area contributed by atoms with Gasteiger partial charge < -0.3 is 4.74 Å². The number of hydrogen-bond donors (Lipinski definition) is 0. The minimum absolute atomic E-state index is 0.0240. The lowest BCUT2D eigenvalue weighted by molar-refractivity contribution is -0.156. The molecule has 9 nitrogen and oxygen atoms in total. The molecule has 280 valence electrons. The molecule has 54 heavy (non-hydrogen) atoms. The largest absolute Gasteiger partial charge is 0.465 e. The van der Waals surface area contributed by atoms with Crippen molar-refractivity contribution < 1.29 is 33.5 Å². The van der Waals surface area contributed by atoms with E-state index < -0.39 is 10.8 Å². The highest BCUT2D eigenvalue weighted by atomic mass is 16.5. The molecule has 0 radical (unpaired) electrons. The summed E-state index contributed by atoms with van der Waals surface area (Å²) in [6.07, 6.45) is 3.76. The van der Waals surface area contributed by atoms with Crippen LogP contribution in [0.3, 0.4) is 0 Å². The quantitative estimate of drug-likeness (QED) is 0.0390. The third kappa shape index (κ3) is 5.66. The van der Waals surface area contributed by atoms with Gasteiger partial charge in [0.1, 0.15) is 5.78 Å². The molecule has 0 atom stereocenters. The van der Waals surface area contributed by atoms with E-state index in [1.807, 2.05) is 65.0 Å². The van der Waals surface area contributed by atoms with Crippen LogP contribution in [0, 0.1) is 24.7 Å². The first-order chi connectivity index (χ1) is 25.5. The van der Waals surface area contributed by atoms with Crippen molar-refractivity contribution in [3.05, 3.63) is 69.8 Å². The van der Waals surface area contributed by atoms with E-state index >= 15 is 0 Å². The Morgan fingerprint density at radius 1 is 0.593 bits per heavy atom. The SMILES string of the molecule is CCCCN1C(=O)c2ccc3c4c(C)cc5c6c(ccc(c7c(C)cc(c2c37)C1=O)c64)C(=O)N(CCCCCOC(=O)C(C)(C)CC(C)(C)C(C)=O)C5=O. The molecule has 0 spiro atoms. The number of unbranched alkanes of at least 4 members (excludes halogenated alkanes) is 3. The highest BCUT2D eigenvalue weighted by molar-refractivity contribution is 6.42. The molecule has 2 aliphatic rings. The van der Waals surface area contributed by atoms with Gasteiger partial charge in [-0.2, -0.15) is 0 Å². The molecule has 0 saturated heterocycles. The first kappa shape index (κ1) is 37.1. The second-order valence-corrected chi connectivity index (χ2v) is 16.6. The Labute approximate surface area is 315 Å². The molecule has 0 saturated carbocycles. The summed E-state index contributed by atoms with van der Waals surface area (Å²) in [5, 5.41) is 6.61. The summed E-state index contributed by atoms with van der Waals surface area (Å²) in [5.74, 6) is -1.55. The fraction of sp³-hybridized carbons (Fsp3) is 0.422. The first-order valence-corrected chi connectivity index (χ1v) is 19.1. The van der Waals surface area contributed by atoms with Gasteiger partial charge in [-0.15, -0.1) is 0 Å². The number of amides is 4. The summed E-state index contributed by atoms with van der Waals surface area (Å²) in [6, 6.07) is 11.3. The monoisotopic (exact) mass is 728 g/mol. The van der Waals surface area contributed by atoms with E-state index in [1.165, 1.54) is 16.7 Å². The van der Waals surface area contributed by atoms with E-state index in [2.05, 4.69) is 0 Å². The van der Waals surface area contributed by atoms with E-state index in [1.54, 1.807) is 19.9 Å². The molecule has 5 aromatic carbocycles. The van der Waals surface area contributed by atoms with Gasteiger partial charge in [0.25, 0.3) is 23.6 Å². The van der Waals surface area contributed by atoms with E-state index in [-0.39, 0.29) is 48.5 Å². The second kappa shape index (κ2) is 13.3. The van der Waals surface area contributed by atoms with Gasteiger partial charge in [-0.3, -0.25) is 38.6 Å². The van der Waals surface area contributed by atoms with Crippen molar-refractivity contribution >= 4 is 78.5 Å². The van der Waals surface area contributed by atoms with E-state index in [0.29, 0.717) is 65.3 Å². The summed E-state index contributed by atoms with van der Waals surface area (Å²) in [5.41, 5.74) is 2.32. The normalized spacial score (nSPS) is 14.8. The number of imide groups is 2. The lowest BCUT2D eigenvalue weighted by Gasteiger charge is -2.31. The smallest absolute Gasteiger partial charge is 0.311 e. The third-order valence-corrected chi connectivity index (χ3v) is 11.8. The number of fused-ring (bicyclic) bond motifs is 2. The fourth-order valence-corrected chi connectivity index (χ4v) is 8.90. The average molecular weight is 729 g/mol. The van der Waals surface area contributed by atoms with Crippen molar-refractivity contribution in [2.45, 2.75) is 93.9 Å². The number of benzene rings is 5. The van der Waals surface area contributed by atoms with Crippen LogP contribution in [0.4, 0.5) is 0 Å². The van der Waals surface area contributed by atoms with Gasteiger partial charge in [0.05, 0.1) is 12.0 Å². The predicted molar refractivity (Wildman–Crippen MR) is 210 cm³/mol. The predicted octanol–water partition coefficient (Wildman–Crippen LogP) is 9.09. The van der Waals surface area contributed by atoms with Crippen molar-refractivity contribution in [2.75, 3.05) is 19.7 Å². The van der Waals surface area contributed by atoms with Crippen LogP contribution < -0.4 is 0 Å². The van der Waals surface area contributed by atoms with Crippen LogP contribution in [-0.4, -0.2) is 64.9 Å². The minimum atomic E-state index is -0.810. The fourth-order valence-electron chi connectivity index (χ4n) is 8.90. The Balaban J connectivity index is 1.17. The molecule has 2 aliphatic heterocycles. The lowest BCUT2D eigenvalue weighted by atomic mass is 9.73.